The molecular formula is C27H32. The summed E-state index contributed by atoms with van der Waals surface area (Å²) in [4.78, 5) is 0. The quantitative estimate of drug-likeness (QED) is 0.390. The number of rotatable bonds is 5. The predicted molar refractivity (Wildman–Crippen MR) is 117 cm³/mol. The van der Waals surface area contributed by atoms with Crippen molar-refractivity contribution < 1.29 is 0 Å². The lowest BCUT2D eigenvalue weighted by atomic mass is 9.78. The molecule has 0 amide bonds. The van der Waals surface area contributed by atoms with E-state index >= 15 is 0 Å². The summed E-state index contributed by atoms with van der Waals surface area (Å²) < 4.78 is 0. The Bertz CT molecular complexity index is 773. The summed E-state index contributed by atoms with van der Waals surface area (Å²) in [6.45, 7) is 4.40. The van der Waals surface area contributed by atoms with Crippen LogP contribution in [0.5, 0.6) is 0 Å². The van der Waals surface area contributed by atoms with Gasteiger partial charge in [-0.05, 0) is 92.7 Å². The van der Waals surface area contributed by atoms with Gasteiger partial charge in [0.25, 0.3) is 0 Å². The highest BCUT2D eigenvalue weighted by molar-refractivity contribution is 5.44. The summed E-state index contributed by atoms with van der Waals surface area (Å²) in [5, 5.41) is 0. The van der Waals surface area contributed by atoms with Gasteiger partial charge in [-0.25, -0.2) is 0 Å². The van der Waals surface area contributed by atoms with Crippen LogP contribution in [0, 0.1) is 17.8 Å². The van der Waals surface area contributed by atoms with E-state index in [2.05, 4.69) is 86.4 Å². The van der Waals surface area contributed by atoms with Crippen LogP contribution in [0.25, 0.3) is 0 Å². The molecule has 0 aromatic heterocycles. The summed E-state index contributed by atoms with van der Waals surface area (Å²) in [5.74, 6) is 8.34. The summed E-state index contributed by atoms with van der Waals surface area (Å²) in [6, 6.07) is 17.7. The molecule has 0 aliphatic heterocycles. The van der Waals surface area contributed by atoms with E-state index in [0.717, 1.165) is 35.8 Å². The third kappa shape index (κ3) is 5.86. The van der Waals surface area contributed by atoms with E-state index in [1.54, 1.807) is 0 Å². The van der Waals surface area contributed by atoms with Gasteiger partial charge < -0.3 is 0 Å². The highest BCUT2D eigenvalue weighted by Gasteiger charge is 2.20. The van der Waals surface area contributed by atoms with Crippen LogP contribution in [-0.2, 0) is 6.42 Å². The maximum Gasteiger partial charge on any atom is 0.0249 e. The standard InChI is InChI=1S/C27H32/c1-3-5-6-7-23-8-10-24(11-9-23)12-13-25-16-20-27(21-17-25)26-18-14-22(4-2)15-19-26/h3,5,8-11,16-17,20-22,26H,4,6-7,14-15,18-19H2,1-2H3/b5-3+. The fraction of sp³-hybridized carbons (Fsp3) is 0.407. The van der Waals surface area contributed by atoms with Crippen molar-refractivity contribution in [3.63, 3.8) is 0 Å². The van der Waals surface area contributed by atoms with Crippen molar-refractivity contribution in [2.24, 2.45) is 5.92 Å². The Balaban J connectivity index is 1.57. The van der Waals surface area contributed by atoms with Crippen molar-refractivity contribution in [3.05, 3.63) is 82.9 Å². The minimum atomic E-state index is 0.755. The van der Waals surface area contributed by atoms with E-state index in [1.807, 2.05) is 0 Å². The lowest BCUT2D eigenvalue weighted by Crippen LogP contribution is -2.12. The molecular weight excluding hydrogens is 324 g/mol. The number of hydrogen-bond donors (Lipinski definition) is 0. The van der Waals surface area contributed by atoms with E-state index in [0.29, 0.717) is 0 Å². The zero-order valence-corrected chi connectivity index (χ0v) is 16.9. The molecule has 0 unspecified atom stereocenters. The lowest BCUT2D eigenvalue weighted by molar-refractivity contribution is 0.319. The van der Waals surface area contributed by atoms with Crippen molar-refractivity contribution in [2.75, 3.05) is 0 Å². The molecule has 3 rings (SSSR count). The van der Waals surface area contributed by atoms with Crippen LogP contribution in [0.2, 0.25) is 0 Å². The van der Waals surface area contributed by atoms with Crippen LogP contribution in [0.1, 0.15) is 80.5 Å². The molecule has 2 aromatic carbocycles. The van der Waals surface area contributed by atoms with Gasteiger partial charge in [-0.15, -0.1) is 0 Å². The number of allylic oxidation sites excluding steroid dienone is 2. The molecule has 0 nitrogen and oxygen atoms in total. The zero-order chi connectivity index (χ0) is 18.9. The first-order valence-electron chi connectivity index (χ1n) is 10.6. The van der Waals surface area contributed by atoms with Crippen molar-refractivity contribution >= 4 is 0 Å². The molecule has 140 valence electrons. The fourth-order valence-corrected chi connectivity index (χ4v) is 4.06. The van der Waals surface area contributed by atoms with Gasteiger partial charge in [-0.1, -0.05) is 61.6 Å². The summed E-state index contributed by atoms with van der Waals surface area (Å²) in [7, 11) is 0. The Morgan fingerprint density at radius 1 is 0.852 bits per heavy atom. The monoisotopic (exact) mass is 356 g/mol. The Morgan fingerprint density at radius 2 is 1.44 bits per heavy atom. The maximum atomic E-state index is 3.32. The molecule has 27 heavy (non-hydrogen) atoms. The predicted octanol–water partition coefficient (Wildman–Crippen LogP) is 7.28. The first-order chi connectivity index (χ1) is 13.3. The van der Waals surface area contributed by atoms with E-state index in [9.17, 15) is 0 Å². The molecule has 1 aliphatic rings. The molecule has 0 saturated heterocycles. The van der Waals surface area contributed by atoms with Gasteiger partial charge in [0.2, 0.25) is 0 Å². The summed E-state index contributed by atoms with van der Waals surface area (Å²) in [6.07, 6.45) is 13.4. The van der Waals surface area contributed by atoms with Gasteiger partial charge >= 0.3 is 0 Å². The Labute approximate surface area is 165 Å². The van der Waals surface area contributed by atoms with Crippen molar-refractivity contribution in [1.82, 2.24) is 0 Å². The van der Waals surface area contributed by atoms with Gasteiger partial charge in [0, 0.05) is 11.1 Å². The second-order valence-electron chi connectivity index (χ2n) is 7.80. The third-order valence-electron chi connectivity index (χ3n) is 5.95. The third-order valence-corrected chi connectivity index (χ3v) is 5.95. The van der Waals surface area contributed by atoms with Crippen molar-refractivity contribution in [2.45, 2.75) is 64.7 Å². The first-order valence-corrected chi connectivity index (χ1v) is 10.6. The maximum absolute atomic E-state index is 3.32. The van der Waals surface area contributed by atoms with Crippen LogP contribution in [0.15, 0.2) is 60.7 Å². The van der Waals surface area contributed by atoms with Gasteiger partial charge in [0.15, 0.2) is 0 Å². The fourth-order valence-electron chi connectivity index (χ4n) is 4.06. The normalized spacial score (nSPS) is 19.6. The second kappa shape index (κ2) is 10.2. The minimum Gasteiger partial charge on any atom is -0.0917 e. The summed E-state index contributed by atoms with van der Waals surface area (Å²) >= 11 is 0. The van der Waals surface area contributed by atoms with Crippen LogP contribution in [-0.4, -0.2) is 0 Å². The van der Waals surface area contributed by atoms with Crippen molar-refractivity contribution in [3.8, 4) is 11.8 Å². The topological polar surface area (TPSA) is 0 Å². The molecule has 0 radical (unpaired) electrons. The number of hydrogen-bond acceptors (Lipinski definition) is 0. The Hall–Kier alpha value is -2.26. The van der Waals surface area contributed by atoms with Crippen LogP contribution in [0.3, 0.4) is 0 Å². The van der Waals surface area contributed by atoms with Gasteiger partial charge in [-0.2, -0.15) is 0 Å². The zero-order valence-electron chi connectivity index (χ0n) is 16.9. The van der Waals surface area contributed by atoms with Crippen LogP contribution in [0.4, 0.5) is 0 Å². The second-order valence-corrected chi connectivity index (χ2v) is 7.80. The number of aryl methyl sites for hydroxylation is 1. The van der Waals surface area contributed by atoms with E-state index in [1.165, 1.54) is 43.2 Å². The molecule has 0 heterocycles. The van der Waals surface area contributed by atoms with E-state index < -0.39 is 0 Å². The van der Waals surface area contributed by atoms with Crippen molar-refractivity contribution in [1.29, 1.82) is 0 Å². The SMILES string of the molecule is C/C=C/CCc1ccc(C#Cc2ccc(C3CCC(CC)CC3)cc2)cc1. The van der Waals surface area contributed by atoms with Crippen LogP contribution >= 0.6 is 0 Å². The Morgan fingerprint density at radius 3 is 2.00 bits per heavy atom. The summed E-state index contributed by atoms with van der Waals surface area (Å²) in [5.41, 5.74) is 5.08. The van der Waals surface area contributed by atoms with Gasteiger partial charge in [0.05, 0.1) is 0 Å². The Kier molecular flexibility index (Phi) is 7.35. The highest BCUT2D eigenvalue weighted by Crippen LogP contribution is 2.36. The van der Waals surface area contributed by atoms with Gasteiger partial charge in [0.1, 0.15) is 0 Å². The molecule has 1 aliphatic carbocycles. The molecule has 2 aromatic rings. The lowest BCUT2D eigenvalue weighted by Gasteiger charge is -2.28. The highest BCUT2D eigenvalue weighted by atomic mass is 14.3. The molecule has 0 heteroatoms. The average molecular weight is 357 g/mol. The molecule has 0 bridgehead atoms. The van der Waals surface area contributed by atoms with E-state index in [4.69, 9.17) is 0 Å². The molecule has 1 fully saturated rings. The first kappa shape index (κ1) is 19.5. The molecule has 0 atom stereocenters. The smallest absolute Gasteiger partial charge is 0.0249 e. The average Bonchev–Trinajstić information content (AvgIpc) is 2.74. The van der Waals surface area contributed by atoms with Crippen LogP contribution < -0.4 is 0 Å². The molecule has 1 saturated carbocycles. The minimum absolute atomic E-state index is 0.755. The van der Waals surface area contributed by atoms with E-state index in [-0.39, 0.29) is 0 Å². The number of benzene rings is 2. The molecule has 0 N–H and O–H groups in total. The van der Waals surface area contributed by atoms with Gasteiger partial charge in [-0.3, -0.25) is 0 Å². The molecule has 0 spiro atoms. The largest absolute Gasteiger partial charge is 0.0917 e.